The van der Waals surface area contributed by atoms with Crippen molar-refractivity contribution in [2.24, 2.45) is 0 Å². The van der Waals surface area contributed by atoms with Gasteiger partial charge in [0.2, 0.25) is 0 Å². The van der Waals surface area contributed by atoms with Crippen LogP contribution in [0.4, 0.5) is 0 Å². The second-order valence-electron chi connectivity index (χ2n) is 4.66. The fourth-order valence-electron chi connectivity index (χ4n) is 1.83. The monoisotopic (exact) mass is 310 g/mol. The lowest BCUT2D eigenvalue weighted by Crippen LogP contribution is -2.31. The molecule has 0 aliphatic heterocycles. The first-order chi connectivity index (χ1) is 8.66. The first kappa shape index (κ1) is 13.6. The van der Waals surface area contributed by atoms with Crippen molar-refractivity contribution in [3.05, 3.63) is 34.5 Å². The summed E-state index contributed by atoms with van der Waals surface area (Å²) in [7, 11) is 0. The molecule has 0 spiro atoms. The molecule has 18 heavy (non-hydrogen) atoms. The van der Waals surface area contributed by atoms with Crippen molar-refractivity contribution in [3.63, 3.8) is 0 Å². The van der Waals surface area contributed by atoms with E-state index in [4.69, 9.17) is 4.42 Å². The maximum atomic E-state index is 5.80. The molecule has 0 saturated carbocycles. The zero-order chi connectivity index (χ0) is 13.0. The highest BCUT2D eigenvalue weighted by Crippen LogP contribution is 2.26. The molecule has 0 radical (unpaired) electrons. The van der Waals surface area contributed by atoms with Crippen LogP contribution in [0, 0.1) is 0 Å². The van der Waals surface area contributed by atoms with E-state index in [-0.39, 0.29) is 0 Å². The highest BCUT2D eigenvalue weighted by atomic mass is 79.9. The molecule has 0 amide bonds. The van der Waals surface area contributed by atoms with Crippen LogP contribution in [0.5, 0.6) is 0 Å². The average Bonchev–Trinajstić information content (AvgIpc) is 2.72. The Morgan fingerprint density at radius 2 is 2.11 bits per heavy atom. The van der Waals surface area contributed by atoms with E-state index >= 15 is 0 Å². The predicted octanol–water partition coefficient (Wildman–Crippen LogP) is 3.28. The summed E-state index contributed by atoms with van der Waals surface area (Å²) in [5, 5.41) is 7.87. The summed E-state index contributed by atoms with van der Waals surface area (Å²) in [6.45, 7) is 6.98. The second-order valence-corrected chi connectivity index (χ2v) is 5.51. The third kappa shape index (κ3) is 3.57. The summed E-state index contributed by atoms with van der Waals surface area (Å²) >= 11 is 3.49. The number of hydrogen-bond donors (Lipinski definition) is 2. The molecule has 0 saturated heterocycles. The molecule has 0 unspecified atom stereocenters. The van der Waals surface area contributed by atoms with Crippen molar-refractivity contribution >= 4 is 26.9 Å². The molecule has 0 aliphatic rings. The predicted molar refractivity (Wildman–Crippen MR) is 78.8 cm³/mol. The van der Waals surface area contributed by atoms with Crippen LogP contribution in [0.3, 0.4) is 0 Å². The van der Waals surface area contributed by atoms with Gasteiger partial charge in [-0.15, -0.1) is 0 Å². The van der Waals surface area contributed by atoms with E-state index in [1.165, 1.54) is 0 Å². The Labute approximate surface area is 116 Å². The van der Waals surface area contributed by atoms with Crippen LogP contribution in [0.25, 0.3) is 11.0 Å². The molecule has 0 atom stereocenters. The van der Waals surface area contributed by atoms with Gasteiger partial charge < -0.3 is 15.1 Å². The van der Waals surface area contributed by atoms with Crippen molar-refractivity contribution in [1.29, 1.82) is 0 Å². The fourth-order valence-corrected chi connectivity index (χ4v) is 2.29. The zero-order valence-electron chi connectivity index (χ0n) is 10.8. The number of fused-ring (bicyclic) bond motifs is 1. The van der Waals surface area contributed by atoms with E-state index in [2.05, 4.69) is 52.5 Å². The minimum Gasteiger partial charge on any atom is -0.459 e. The smallest absolute Gasteiger partial charge is 0.148 e. The number of para-hydroxylation sites is 1. The normalized spacial score (nSPS) is 11.6. The summed E-state index contributed by atoms with van der Waals surface area (Å²) in [5.74, 6) is 0.974. The number of benzene rings is 1. The molecular formula is C14H19BrN2O. The van der Waals surface area contributed by atoms with Crippen LogP contribution in [0.15, 0.2) is 33.2 Å². The Bertz CT molecular complexity index is 507. The van der Waals surface area contributed by atoms with Crippen LogP contribution < -0.4 is 10.6 Å². The van der Waals surface area contributed by atoms with E-state index in [0.29, 0.717) is 6.04 Å². The van der Waals surface area contributed by atoms with Crippen molar-refractivity contribution in [2.75, 3.05) is 13.1 Å². The van der Waals surface area contributed by atoms with E-state index < -0.39 is 0 Å². The average molecular weight is 311 g/mol. The summed E-state index contributed by atoms with van der Waals surface area (Å²) in [6.07, 6.45) is 0. The van der Waals surface area contributed by atoms with Crippen molar-refractivity contribution in [3.8, 4) is 0 Å². The maximum absolute atomic E-state index is 5.80. The number of furan rings is 1. The summed E-state index contributed by atoms with van der Waals surface area (Å²) in [4.78, 5) is 0. The molecule has 3 nitrogen and oxygen atoms in total. The standard InChI is InChI=1S/C14H19BrN2O/c1-10(2)17-7-6-16-9-12-8-11-4-3-5-13(15)14(11)18-12/h3-5,8,10,16-17H,6-7,9H2,1-2H3. The second kappa shape index (κ2) is 6.36. The van der Waals surface area contributed by atoms with Crippen molar-refractivity contribution < 1.29 is 4.42 Å². The third-order valence-electron chi connectivity index (χ3n) is 2.70. The van der Waals surface area contributed by atoms with Gasteiger partial charge in [0.25, 0.3) is 0 Å². The molecule has 4 heteroatoms. The molecule has 1 aromatic heterocycles. The molecule has 2 aromatic rings. The molecule has 98 valence electrons. The number of rotatable bonds is 6. The lowest BCUT2D eigenvalue weighted by molar-refractivity contribution is 0.498. The van der Waals surface area contributed by atoms with Gasteiger partial charge in [-0.2, -0.15) is 0 Å². The van der Waals surface area contributed by atoms with E-state index in [0.717, 1.165) is 40.8 Å². The van der Waals surface area contributed by atoms with Crippen molar-refractivity contribution in [1.82, 2.24) is 10.6 Å². The number of nitrogens with one attached hydrogen (secondary N) is 2. The largest absolute Gasteiger partial charge is 0.459 e. The highest BCUT2D eigenvalue weighted by molar-refractivity contribution is 9.10. The van der Waals surface area contributed by atoms with Crippen LogP contribution in [0.1, 0.15) is 19.6 Å². The Kier molecular flexibility index (Phi) is 4.80. The number of hydrogen-bond acceptors (Lipinski definition) is 3. The summed E-state index contributed by atoms with van der Waals surface area (Å²) in [5.41, 5.74) is 0.926. The SMILES string of the molecule is CC(C)NCCNCc1cc2cccc(Br)c2o1. The first-order valence-corrected chi connectivity index (χ1v) is 7.07. The highest BCUT2D eigenvalue weighted by Gasteiger charge is 2.05. The Morgan fingerprint density at radius 3 is 2.83 bits per heavy atom. The number of halogens is 1. The fraction of sp³-hybridized carbons (Fsp3) is 0.429. The first-order valence-electron chi connectivity index (χ1n) is 6.28. The van der Waals surface area contributed by atoms with Crippen LogP contribution in [-0.2, 0) is 6.54 Å². The molecule has 1 heterocycles. The zero-order valence-corrected chi connectivity index (χ0v) is 12.4. The molecular weight excluding hydrogens is 292 g/mol. The lowest BCUT2D eigenvalue weighted by Gasteiger charge is -2.07. The van der Waals surface area contributed by atoms with Gasteiger partial charge in [0, 0.05) is 24.5 Å². The van der Waals surface area contributed by atoms with E-state index in [1.54, 1.807) is 0 Å². The van der Waals surface area contributed by atoms with Gasteiger partial charge in [-0.25, -0.2) is 0 Å². The Hall–Kier alpha value is -0.840. The molecule has 0 fully saturated rings. The Balaban J connectivity index is 1.87. The van der Waals surface area contributed by atoms with E-state index in [9.17, 15) is 0 Å². The summed E-state index contributed by atoms with van der Waals surface area (Å²) < 4.78 is 6.80. The Morgan fingerprint density at radius 1 is 1.28 bits per heavy atom. The summed E-state index contributed by atoms with van der Waals surface area (Å²) in [6, 6.07) is 8.70. The van der Waals surface area contributed by atoms with Gasteiger partial charge in [0.1, 0.15) is 11.3 Å². The molecule has 0 aliphatic carbocycles. The minimum atomic E-state index is 0.536. The van der Waals surface area contributed by atoms with E-state index in [1.807, 2.05) is 12.1 Å². The molecule has 2 rings (SSSR count). The van der Waals surface area contributed by atoms with Gasteiger partial charge in [-0.3, -0.25) is 0 Å². The lowest BCUT2D eigenvalue weighted by atomic mass is 10.2. The van der Waals surface area contributed by atoms with Gasteiger partial charge in [-0.05, 0) is 28.1 Å². The quantitative estimate of drug-likeness (QED) is 0.804. The van der Waals surface area contributed by atoms with Crippen LogP contribution >= 0.6 is 15.9 Å². The van der Waals surface area contributed by atoms with Gasteiger partial charge >= 0.3 is 0 Å². The van der Waals surface area contributed by atoms with Gasteiger partial charge in [-0.1, -0.05) is 26.0 Å². The van der Waals surface area contributed by atoms with Crippen molar-refractivity contribution in [2.45, 2.75) is 26.4 Å². The van der Waals surface area contributed by atoms with Crippen LogP contribution in [0.2, 0.25) is 0 Å². The molecule has 0 bridgehead atoms. The topological polar surface area (TPSA) is 37.2 Å². The molecule has 1 aromatic carbocycles. The van der Waals surface area contributed by atoms with Gasteiger partial charge in [0.15, 0.2) is 0 Å². The van der Waals surface area contributed by atoms with Gasteiger partial charge in [0.05, 0.1) is 11.0 Å². The maximum Gasteiger partial charge on any atom is 0.148 e. The molecule has 2 N–H and O–H groups in total. The van der Waals surface area contributed by atoms with Crippen LogP contribution in [-0.4, -0.2) is 19.1 Å². The third-order valence-corrected chi connectivity index (χ3v) is 3.33. The minimum absolute atomic E-state index is 0.536.